The van der Waals surface area contributed by atoms with Gasteiger partial charge in [-0.25, -0.2) is 0 Å². The van der Waals surface area contributed by atoms with Gasteiger partial charge in [-0.2, -0.15) is 0 Å². The number of hydrogen-bond donors (Lipinski definition) is 1. The van der Waals surface area contributed by atoms with Crippen molar-refractivity contribution in [3.05, 3.63) is 0 Å². The molecule has 20 heavy (non-hydrogen) atoms. The van der Waals surface area contributed by atoms with Crippen LogP contribution in [0, 0.1) is 5.92 Å². The second-order valence-corrected chi connectivity index (χ2v) is 5.46. The fourth-order valence-electron chi connectivity index (χ4n) is 2.70. The summed E-state index contributed by atoms with van der Waals surface area (Å²) in [6, 6.07) is 0. The molecule has 1 atom stereocenters. The molecule has 1 amide bonds. The second-order valence-electron chi connectivity index (χ2n) is 5.46. The van der Waals surface area contributed by atoms with Crippen LogP contribution in [0.1, 0.15) is 32.6 Å². The summed E-state index contributed by atoms with van der Waals surface area (Å²) in [6.45, 7) is 7.36. The number of nitrogens with one attached hydrogen (secondary N) is 1. The average molecular weight is 328 g/mol. The van der Waals surface area contributed by atoms with Gasteiger partial charge in [0.25, 0.3) is 0 Å². The predicted octanol–water partition coefficient (Wildman–Crippen LogP) is 2.02. The molecule has 1 rings (SSSR count). The van der Waals surface area contributed by atoms with E-state index in [9.17, 15) is 4.79 Å². The molecular weight excluding hydrogens is 297 g/mol. The SMILES string of the molecule is CCCN(C)CC1CCN(C(=O)CCCNC)C1.Cl.Cl. The van der Waals surface area contributed by atoms with E-state index >= 15 is 0 Å². The van der Waals surface area contributed by atoms with Crippen molar-refractivity contribution >= 4 is 30.7 Å². The van der Waals surface area contributed by atoms with Gasteiger partial charge in [0.05, 0.1) is 0 Å². The van der Waals surface area contributed by atoms with Crippen LogP contribution < -0.4 is 5.32 Å². The molecule has 0 aromatic heterocycles. The van der Waals surface area contributed by atoms with E-state index in [0.717, 1.165) is 39.1 Å². The Morgan fingerprint density at radius 2 is 2.10 bits per heavy atom. The Hall–Kier alpha value is -0.0300. The molecule has 0 bridgehead atoms. The van der Waals surface area contributed by atoms with Crippen LogP contribution in [0.2, 0.25) is 0 Å². The van der Waals surface area contributed by atoms with Gasteiger partial charge in [0.2, 0.25) is 5.91 Å². The van der Waals surface area contributed by atoms with E-state index in [1.54, 1.807) is 0 Å². The zero-order chi connectivity index (χ0) is 13.4. The maximum Gasteiger partial charge on any atom is 0.222 e. The molecule has 1 unspecified atom stereocenters. The first-order valence-electron chi connectivity index (χ1n) is 7.28. The molecule has 1 fully saturated rings. The third kappa shape index (κ3) is 8.30. The highest BCUT2D eigenvalue weighted by molar-refractivity contribution is 5.85. The molecule has 0 aliphatic carbocycles. The Labute approximate surface area is 136 Å². The molecule has 1 aliphatic rings. The fourth-order valence-corrected chi connectivity index (χ4v) is 2.70. The Kier molecular flexibility index (Phi) is 14.1. The lowest BCUT2D eigenvalue weighted by Gasteiger charge is -2.21. The van der Waals surface area contributed by atoms with Crippen LogP contribution in [-0.4, -0.2) is 62.5 Å². The van der Waals surface area contributed by atoms with E-state index in [2.05, 4.69) is 29.1 Å². The molecule has 1 N–H and O–H groups in total. The smallest absolute Gasteiger partial charge is 0.222 e. The summed E-state index contributed by atoms with van der Waals surface area (Å²) >= 11 is 0. The number of carbonyl (C=O) groups is 1. The topological polar surface area (TPSA) is 35.6 Å². The standard InChI is InChI=1S/C14H29N3O.2ClH/c1-4-9-16(3)11-13-7-10-17(12-13)14(18)6-5-8-15-2;;/h13,15H,4-12H2,1-3H3;2*1H. The van der Waals surface area contributed by atoms with Crippen molar-refractivity contribution in [2.75, 3.05) is 46.8 Å². The molecule has 0 aromatic carbocycles. The third-order valence-corrected chi connectivity index (χ3v) is 3.63. The Balaban J connectivity index is 0. The summed E-state index contributed by atoms with van der Waals surface area (Å²) in [5, 5.41) is 3.09. The molecular formula is C14H31Cl2N3O. The zero-order valence-electron chi connectivity index (χ0n) is 13.1. The van der Waals surface area contributed by atoms with Gasteiger partial charge in [0.1, 0.15) is 0 Å². The minimum Gasteiger partial charge on any atom is -0.342 e. The van der Waals surface area contributed by atoms with E-state index in [4.69, 9.17) is 0 Å². The first kappa shape index (κ1) is 22.3. The van der Waals surface area contributed by atoms with Gasteiger partial charge in [-0.05, 0) is 52.4 Å². The van der Waals surface area contributed by atoms with Crippen LogP contribution in [0.4, 0.5) is 0 Å². The lowest BCUT2D eigenvalue weighted by Crippen LogP contribution is -2.32. The number of carbonyl (C=O) groups excluding carboxylic acids is 1. The van der Waals surface area contributed by atoms with Crippen molar-refractivity contribution in [2.24, 2.45) is 5.92 Å². The van der Waals surface area contributed by atoms with Crippen molar-refractivity contribution in [3.63, 3.8) is 0 Å². The first-order chi connectivity index (χ1) is 8.67. The highest BCUT2D eigenvalue weighted by Gasteiger charge is 2.26. The van der Waals surface area contributed by atoms with Crippen molar-refractivity contribution in [1.29, 1.82) is 0 Å². The van der Waals surface area contributed by atoms with Gasteiger partial charge in [-0.15, -0.1) is 24.8 Å². The van der Waals surface area contributed by atoms with Crippen LogP contribution in [0.15, 0.2) is 0 Å². The molecule has 6 heteroatoms. The van der Waals surface area contributed by atoms with E-state index in [-0.39, 0.29) is 24.8 Å². The second kappa shape index (κ2) is 12.7. The number of rotatable bonds is 8. The molecule has 0 aromatic rings. The van der Waals surface area contributed by atoms with Crippen LogP contribution in [-0.2, 0) is 4.79 Å². The average Bonchev–Trinajstić information content (AvgIpc) is 2.78. The van der Waals surface area contributed by atoms with Gasteiger partial charge in [0, 0.05) is 26.1 Å². The van der Waals surface area contributed by atoms with E-state index in [1.165, 1.54) is 12.8 Å². The largest absolute Gasteiger partial charge is 0.342 e. The predicted molar refractivity (Wildman–Crippen MR) is 90.1 cm³/mol. The first-order valence-corrected chi connectivity index (χ1v) is 7.28. The van der Waals surface area contributed by atoms with Crippen molar-refractivity contribution < 1.29 is 4.79 Å². The summed E-state index contributed by atoms with van der Waals surface area (Å²) < 4.78 is 0. The zero-order valence-corrected chi connectivity index (χ0v) is 14.7. The molecule has 0 radical (unpaired) electrons. The number of likely N-dealkylation sites (tertiary alicyclic amines) is 1. The van der Waals surface area contributed by atoms with E-state index < -0.39 is 0 Å². The molecule has 1 saturated heterocycles. The lowest BCUT2D eigenvalue weighted by molar-refractivity contribution is -0.130. The lowest BCUT2D eigenvalue weighted by atomic mass is 10.1. The normalized spacial score (nSPS) is 17.8. The van der Waals surface area contributed by atoms with Crippen LogP contribution in [0.3, 0.4) is 0 Å². The van der Waals surface area contributed by atoms with Gasteiger partial charge >= 0.3 is 0 Å². The maximum atomic E-state index is 12.0. The Morgan fingerprint density at radius 1 is 1.40 bits per heavy atom. The van der Waals surface area contributed by atoms with E-state index in [1.807, 2.05) is 7.05 Å². The molecule has 0 spiro atoms. The van der Waals surface area contributed by atoms with Crippen LogP contribution >= 0.6 is 24.8 Å². The minimum atomic E-state index is 0. The number of halogens is 2. The van der Waals surface area contributed by atoms with Gasteiger partial charge in [-0.1, -0.05) is 6.92 Å². The van der Waals surface area contributed by atoms with Crippen molar-refractivity contribution in [3.8, 4) is 0 Å². The maximum absolute atomic E-state index is 12.0. The summed E-state index contributed by atoms with van der Waals surface area (Å²) in [5.74, 6) is 1.01. The van der Waals surface area contributed by atoms with Crippen molar-refractivity contribution in [1.82, 2.24) is 15.1 Å². The monoisotopic (exact) mass is 327 g/mol. The Bertz CT molecular complexity index is 255. The number of amides is 1. The summed E-state index contributed by atoms with van der Waals surface area (Å²) in [7, 11) is 4.11. The summed E-state index contributed by atoms with van der Waals surface area (Å²) in [4.78, 5) is 16.4. The van der Waals surface area contributed by atoms with Crippen LogP contribution in [0.25, 0.3) is 0 Å². The molecule has 4 nitrogen and oxygen atoms in total. The molecule has 1 heterocycles. The summed E-state index contributed by atoms with van der Waals surface area (Å²) in [6.07, 6.45) is 4.02. The van der Waals surface area contributed by atoms with E-state index in [0.29, 0.717) is 18.2 Å². The number of hydrogen-bond acceptors (Lipinski definition) is 3. The fraction of sp³-hybridized carbons (Fsp3) is 0.929. The Morgan fingerprint density at radius 3 is 2.70 bits per heavy atom. The highest BCUT2D eigenvalue weighted by Crippen LogP contribution is 2.18. The quantitative estimate of drug-likeness (QED) is 0.693. The third-order valence-electron chi connectivity index (χ3n) is 3.63. The highest BCUT2D eigenvalue weighted by atomic mass is 35.5. The van der Waals surface area contributed by atoms with Crippen molar-refractivity contribution in [2.45, 2.75) is 32.6 Å². The number of nitrogens with zero attached hydrogens (tertiary/aromatic N) is 2. The van der Waals surface area contributed by atoms with Gasteiger partial charge in [0.15, 0.2) is 0 Å². The summed E-state index contributed by atoms with van der Waals surface area (Å²) in [5.41, 5.74) is 0. The molecule has 122 valence electrons. The van der Waals surface area contributed by atoms with Gasteiger partial charge < -0.3 is 15.1 Å². The molecule has 0 saturated carbocycles. The minimum absolute atomic E-state index is 0. The van der Waals surface area contributed by atoms with Gasteiger partial charge in [-0.3, -0.25) is 4.79 Å². The van der Waals surface area contributed by atoms with Crippen LogP contribution in [0.5, 0.6) is 0 Å². The molecule has 1 aliphatic heterocycles.